The molecule has 0 saturated heterocycles. The van der Waals surface area contributed by atoms with E-state index in [4.69, 9.17) is 17.2 Å². The van der Waals surface area contributed by atoms with E-state index in [1.54, 1.807) is 30.5 Å². The zero-order valence-electron chi connectivity index (χ0n) is 26.5. The third kappa shape index (κ3) is 10.4. The number of hydrogen-bond acceptors (Lipinski definition) is 6. The molecule has 252 valence electrons. The van der Waals surface area contributed by atoms with Crippen LogP contribution in [0.15, 0.2) is 96.1 Å². The molecule has 13 nitrogen and oxygen atoms in total. The van der Waals surface area contributed by atoms with Crippen molar-refractivity contribution in [1.29, 1.82) is 0 Å². The van der Waals surface area contributed by atoms with Gasteiger partial charge in [0.05, 0.1) is 6.04 Å². The Morgan fingerprint density at radius 1 is 0.708 bits per heavy atom. The number of carbonyl (C=O) groups excluding carboxylic acids is 3. The highest BCUT2D eigenvalue weighted by atomic mass is 16.4. The third-order valence-corrected chi connectivity index (χ3v) is 7.85. The summed E-state index contributed by atoms with van der Waals surface area (Å²) in [5, 5.41) is 19.1. The predicted molar refractivity (Wildman–Crippen MR) is 184 cm³/mol. The number of guanidine groups is 1. The second-order valence-corrected chi connectivity index (χ2v) is 11.5. The van der Waals surface area contributed by atoms with Crippen LogP contribution >= 0.6 is 0 Å². The lowest BCUT2D eigenvalue weighted by molar-refractivity contribution is -0.142. The van der Waals surface area contributed by atoms with Crippen molar-refractivity contribution in [3.8, 4) is 0 Å². The average molecular weight is 655 g/mol. The average Bonchev–Trinajstić information content (AvgIpc) is 3.49. The minimum atomic E-state index is -1.27. The molecular weight excluding hydrogens is 612 g/mol. The number of nitrogens with two attached hydrogens (primary N) is 3. The smallest absolute Gasteiger partial charge is 0.326 e. The number of para-hydroxylation sites is 1. The number of benzene rings is 3. The highest BCUT2D eigenvalue weighted by molar-refractivity contribution is 5.94. The van der Waals surface area contributed by atoms with Crippen LogP contribution in [0.4, 0.5) is 0 Å². The fourth-order valence-electron chi connectivity index (χ4n) is 5.31. The van der Waals surface area contributed by atoms with Gasteiger partial charge in [-0.25, -0.2) is 4.79 Å². The molecule has 0 radical (unpaired) electrons. The largest absolute Gasteiger partial charge is 0.480 e. The molecule has 3 aromatic carbocycles. The topological polar surface area (TPSA) is 231 Å². The zero-order chi connectivity index (χ0) is 34.5. The first-order valence-corrected chi connectivity index (χ1v) is 15.7. The molecule has 0 saturated carbocycles. The lowest BCUT2D eigenvalue weighted by Crippen LogP contribution is -2.58. The van der Waals surface area contributed by atoms with Gasteiger partial charge >= 0.3 is 5.97 Å². The maximum atomic E-state index is 13.9. The molecule has 4 atom stereocenters. The van der Waals surface area contributed by atoms with Gasteiger partial charge in [0, 0.05) is 42.9 Å². The molecule has 1 heterocycles. The monoisotopic (exact) mass is 654 g/mol. The summed E-state index contributed by atoms with van der Waals surface area (Å²) in [6.07, 6.45) is 2.66. The van der Waals surface area contributed by atoms with Gasteiger partial charge in [0.25, 0.3) is 0 Å². The van der Waals surface area contributed by atoms with Gasteiger partial charge in [-0.1, -0.05) is 78.9 Å². The second-order valence-electron chi connectivity index (χ2n) is 11.5. The van der Waals surface area contributed by atoms with Gasteiger partial charge in [-0.05, 0) is 35.6 Å². The standard InChI is InChI=1S/C35H42N8O5/c36-26(15-9-17-39-35(37)38)31(44)41-28(18-22-10-3-1-4-11-22)32(45)42-29(19-23-12-5-2-6-13-23)33(46)43-30(34(47)48)20-24-21-40-27-16-8-7-14-25(24)27/h1-8,10-14,16,21,26,28-30,40H,9,15,17-20,36H2,(H,41,44)(H,42,45)(H,43,46)(H,47,48)(H4,37,38,39). The number of carboxylic acids is 1. The van der Waals surface area contributed by atoms with E-state index in [2.05, 4.69) is 25.9 Å². The number of nitrogens with zero attached hydrogens (tertiary/aromatic N) is 1. The Labute approximate surface area is 278 Å². The van der Waals surface area contributed by atoms with Gasteiger partial charge in [0.2, 0.25) is 17.7 Å². The van der Waals surface area contributed by atoms with Crippen molar-refractivity contribution in [1.82, 2.24) is 20.9 Å². The lowest BCUT2D eigenvalue weighted by Gasteiger charge is -2.25. The minimum Gasteiger partial charge on any atom is -0.480 e. The SMILES string of the molecule is NC(N)=NCCCC(N)C(=O)NC(Cc1ccccc1)C(=O)NC(Cc1ccccc1)C(=O)NC(Cc1c[nH]c2ccccc12)C(=O)O. The Bertz CT molecular complexity index is 1710. The van der Waals surface area contributed by atoms with Crippen molar-refractivity contribution >= 4 is 40.6 Å². The Morgan fingerprint density at radius 3 is 1.79 bits per heavy atom. The van der Waals surface area contributed by atoms with E-state index in [0.29, 0.717) is 13.0 Å². The van der Waals surface area contributed by atoms with Gasteiger partial charge < -0.3 is 43.2 Å². The Kier molecular flexibility index (Phi) is 12.7. The summed E-state index contributed by atoms with van der Waals surface area (Å²) in [5.74, 6) is -3.14. The summed E-state index contributed by atoms with van der Waals surface area (Å²) < 4.78 is 0. The fourth-order valence-corrected chi connectivity index (χ4v) is 5.31. The summed E-state index contributed by atoms with van der Waals surface area (Å²) in [4.78, 5) is 60.1. The molecule has 11 N–H and O–H groups in total. The van der Waals surface area contributed by atoms with Crippen LogP contribution in [0.25, 0.3) is 10.9 Å². The van der Waals surface area contributed by atoms with E-state index >= 15 is 0 Å². The van der Waals surface area contributed by atoms with E-state index in [0.717, 1.165) is 27.6 Å². The molecule has 4 rings (SSSR count). The number of H-pyrrole nitrogens is 1. The van der Waals surface area contributed by atoms with Gasteiger partial charge in [-0.3, -0.25) is 19.4 Å². The summed E-state index contributed by atoms with van der Waals surface area (Å²) in [6, 6.07) is 21.1. The van der Waals surface area contributed by atoms with Gasteiger partial charge in [0.15, 0.2) is 5.96 Å². The molecule has 0 aliphatic rings. The van der Waals surface area contributed by atoms with Gasteiger partial charge in [-0.2, -0.15) is 0 Å². The van der Waals surface area contributed by atoms with Crippen LogP contribution in [0.5, 0.6) is 0 Å². The Balaban J connectivity index is 1.53. The molecule has 0 aliphatic heterocycles. The zero-order valence-corrected chi connectivity index (χ0v) is 26.5. The number of nitrogens with one attached hydrogen (secondary N) is 4. The molecule has 1 aromatic heterocycles. The van der Waals surface area contributed by atoms with Crippen LogP contribution in [-0.2, 0) is 38.4 Å². The van der Waals surface area contributed by atoms with Crippen LogP contribution in [0, 0.1) is 0 Å². The molecular formula is C35H42N8O5. The number of aliphatic carboxylic acids is 1. The maximum Gasteiger partial charge on any atom is 0.326 e. The molecule has 48 heavy (non-hydrogen) atoms. The van der Waals surface area contributed by atoms with E-state index in [-0.39, 0.29) is 31.6 Å². The summed E-state index contributed by atoms with van der Waals surface area (Å²) in [6.45, 7) is 0.297. The van der Waals surface area contributed by atoms with Crippen molar-refractivity contribution in [2.75, 3.05) is 6.54 Å². The van der Waals surface area contributed by atoms with Crippen LogP contribution in [-0.4, -0.2) is 70.5 Å². The number of aliphatic imine (C=N–C) groups is 1. The first-order chi connectivity index (χ1) is 23.1. The molecule has 0 aliphatic carbocycles. The predicted octanol–water partition coefficient (Wildman–Crippen LogP) is 1.12. The van der Waals surface area contributed by atoms with Crippen LogP contribution in [0.3, 0.4) is 0 Å². The van der Waals surface area contributed by atoms with Crippen molar-refractivity contribution in [3.05, 3.63) is 108 Å². The molecule has 13 heteroatoms. The molecule has 0 bridgehead atoms. The van der Waals surface area contributed by atoms with Gasteiger partial charge in [0.1, 0.15) is 18.1 Å². The normalized spacial score (nSPS) is 13.4. The number of rotatable bonds is 17. The van der Waals surface area contributed by atoms with Gasteiger partial charge in [-0.15, -0.1) is 0 Å². The molecule has 4 unspecified atom stereocenters. The van der Waals surface area contributed by atoms with Crippen molar-refractivity contribution in [3.63, 3.8) is 0 Å². The fraction of sp³-hybridized carbons (Fsp3) is 0.286. The number of carboxylic acid groups (broad SMARTS) is 1. The molecule has 4 aromatic rings. The van der Waals surface area contributed by atoms with Crippen LogP contribution in [0.1, 0.15) is 29.5 Å². The molecule has 0 spiro atoms. The first kappa shape index (κ1) is 35.2. The highest BCUT2D eigenvalue weighted by Crippen LogP contribution is 2.19. The summed E-state index contributed by atoms with van der Waals surface area (Å²) >= 11 is 0. The van der Waals surface area contributed by atoms with E-state index in [1.807, 2.05) is 60.7 Å². The number of hydrogen-bond donors (Lipinski definition) is 8. The second kappa shape index (κ2) is 17.3. The van der Waals surface area contributed by atoms with E-state index in [9.17, 15) is 24.3 Å². The Morgan fingerprint density at radius 2 is 1.23 bits per heavy atom. The van der Waals surface area contributed by atoms with Crippen molar-refractivity contribution < 1.29 is 24.3 Å². The maximum absolute atomic E-state index is 13.9. The van der Waals surface area contributed by atoms with Crippen molar-refractivity contribution in [2.24, 2.45) is 22.2 Å². The summed E-state index contributed by atoms with van der Waals surface area (Å²) in [5.41, 5.74) is 19.9. The van der Waals surface area contributed by atoms with E-state index in [1.165, 1.54) is 0 Å². The minimum absolute atomic E-state index is 0.0187. The number of carbonyl (C=O) groups is 4. The lowest BCUT2D eigenvalue weighted by atomic mass is 10.0. The number of fused-ring (bicyclic) bond motifs is 1. The Hall–Kier alpha value is -5.69. The number of aromatic amines is 1. The highest BCUT2D eigenvalue weighted by Gasteiger charge is 2.31. The number of aromatic nitrogens is 1. The first-order valence-electron chi connectivity index (χ1n) is 15.7. The molecule has 0 fully saturated rings. The summed E-state index contributed by atoms with van der Waals surface area (Å²) in [7, 11) is 0. The molecule has 3 amide bonds. The third-order valence-electron chi connectivity index (χ3n) is 7.85. The number of amides is 3. The van der Waals surface area contributed by atoms with E-state index < -0.39 is 47.9 Å². The van der Waals surface area contributed by atoms with Crippen LogP contribution < -0.4 is 33.2 Å². The quantitative estimate of drug-likeness (QED) is 0.0466. The van der Waals surface area contributed by atoms with Crippen molar-refractivity contribution in [2.45, 2.75) is 56.3 Å². The van der Waals surface area contributed by atoms with Crippen LogP contribution in [0.2, 0.25) is 0 Å².